The SMILES string of the molecule is C=CCN(CCC)C(=O)[C@H]1[C@H]2C(=O)N(CCCO)C(C(=O)N(CC=C)c3ccc(Cl)cc3)C23CC[C@]1(C)O3. The van der Waals surface area contributed by atoms with Crippen LogP contribution in [0.5, 0.6) is 0 Å². The second kappa shape index (κ2) is 11.2. The molecule has 1 N–H and O–H groups in total. The van der Waals surface area contributed by atoms with Crippen LogP contribution in [-0.2, 0) is 19.1 Å². The molecule has 0 radical (unpaired) electrons. The predicted octanol–water partition coefficient (Wildman–Crippen LogP) is 3.43. The Morgan fingerprint density at radius 1 is 1.18 bits per heavy atom. The van der Waals surface area contributed by atoms with Crippen molar-refractivity contribution in [3.8, 4) is 0 Å². The van der Waals surface area contributed by atoms with Crippen LogP contribution >= 0.6 is 11.6 Å². The first kappa shape index (κ1) is 28.3. The molecule has 206 valence electrons. The van der Waals surface area contributed by atoms with Gasteiger partial charge in [-0.2, -0.15) is 0 Å². The van der Waals surface area contributed by atoms with E-state index in [4.69, 9.17) is 16.3 Å². The molecule has 8 nitrogen and oxygen atoms in total. The lowest BCUT2D eigenvalue weighted by Crippen LogP contribution is -2.56. The first-order valence-electron chi connectivity index (χ1n) is 13.4. The number of amides is 3. The molecule has 3 saturated heterocycles. The number of rotatable bonds is 12. The van der Waals surface area contributed by atoms with E-state index in [2.05, 4.69) is 13.2 Å². The second-order valence-electron chi connectivity index (χ2n) is 10.6. The molecule has 4 rings (SSSR count). The Balaban J connectivity index is 1.78. The van der Waals surface area contributed by atoms with Gasteiger partial charge in [-0.3, -0.25) is 14.4 Å². The number of nitrogens with zero attached hydrogens (tertiary/aromatic N) is 3. The van der Waals surface area contributed by atoms with Crippen molar-refractivity contribution >= 4 is 35.0 Å². The highest BCUT2D eigenvalue weighted by atomic mass is 35.5. The van der Waals surface area contributed by atoms with E-state index < -0.39 is 29.1 Å². The Labute approximate surface area is 229 Å². The molecule has 3 aliphatic heterocycles. The van der Waals surface area contributed by atoms with Gasteiger partial charge in [0.1, 0.15) is 11.6 Å². The van der Waals surface area contributed by atoms with E-state index in [1.54, 1.807) is 46.2 Å². The number of fused-ring (bicyclic) bond motifs is 1. The van der Waals surface area contributed by atoms with Gasteiger partial charge in [0.2, 0.25) is 11.8 Å². The molecule has 0 aromatic heterocycles. The normalized spacial score (nSPS) is 29.3. The summed E-state index contributed by atoms with van der Waals surface area (Å²) in [4.78, 5) is 47.3. The Morgan fingerprint density at radius 3 is 2.47 bits per heavy atom. The lowest BCUT2D eigenvalue weighted by atomic mass is 9.66. The zero-order valence-electron chi connectivity index (χ0n) is 22.3. The number of carbonyl (C=O) groups excluding carboxylic acids is 3. The van der Waals surface area contributed by atoms with Crippen LogP contribution < -0.4 is 4.90 Å². The molecule has 5 atom stereocenters. The number of likely N-dealkylation sites (tertiary alicyclic amines) is 1. The Bertz CT molecular complexity index is 1090. The van der Waals surface area contributed by atoms with E-state index in [9.17, 15) is 19.5 Å². The highest BCUT2D eigenvalue weighted by molar-refractivity contribution is 6.30. The zero-order chi connectivity index (χ0) is 27.7. The van der Waals surface area contributed by atoms with Crippen molar-refractivity contribution in [3.05, 3.63) is 54.6 Å². The molecule has 3 aliphatic rings. The molecule has 0 saturated carbocycles. The van der Waals surface area contributed by atoms with E-state index in [-0.39, 0.29) is 37.4 Å². The summed E-state index contributed by atoms with van der Waals surface area (Å²) >= 11 is 6.09. The summed E-state index contributed by atoms with van der Waals surface area (Å²) in [5.74, 6) is -2.17. The number of aliphatic hydroxyl groups is 1. The second-order valence-corrected chi connectivity index (χ2v) is 11.1. The number of carbonyl (C=O) groups is 3. The van der Waals surface area contributed by atoms with Gasteiger partial charge in [-0.1, -0.05) is 30.7 Å². The first-order valence-corrected chi connectivity index (χ1v) is 13.8. The third-order valence-corrected chi connectivity index (χ3v) is 8.46. The minimum Gasteiger partial charge on any atom is -0.396 e. The Kier molecular flexibility index (Phi) is 8.35. The van der Waals surface area contributed by atoms with Crippen molar-refractivity contribution in [2.24, 2.45) is 11.8 Å². The number of aliphatic hydroxyl groups excluding tert-OH is 1. The maximum atomic E-state index is 14.4. The Morgan fingerprint density at radius 2 is 1.87 bits per heavy atom. The summed E-state index contributed by atoms with van der Waals surface area (Å²) in [5, 5.41) is 10.1. The van der Waals surface area contributed by atoms with Crippen LogP contribution in [0.15, 0.2) is 49.6 Å². The molecule has 2 unspecified atom stereocenters. The summed E-state index contributed by atoms with van der Waals surface area (Å²) in [7, 11) is 0. The van der Waals surface area contributed by atoms with Crippen molar-refractivity contribution < 1.29 is 24.2 Å². The van der Waals surface area contributed by atoms with Crippen LogP contribution in [0, 0.1) is 11.8 Å². The van der Waals surface area contributed by atoms with Crippen LogP contribution in [0.1, 0.15) is 39.5 Å². The van der Waals surface area contributed by atoms with Gasteiger partial charge in [0, 0.05) is 43.5 Å². The standard InChI is InChI=1S/C29H38ClN3O5/c1-5-15-31(16-6-2)25(35)22-23-26(36)33(18-8-19-34)24(29(23)14-13-28(22,4)38-29)27(37)32(17-7-3)21-11-9-20(30)10-12-21/h5,7,9-12,22-24,34H,1,3,6,8,13-19H2,2,4H3/t22-,23+,24?,28+,29?/m1/s1. The van der Waals surface area contributed by atoms with E-state index in [0.717, 1.165) is 6.42 Å². The number of hydrogen-bond acceptors (Lipinski definition) is 5. The minimum absolute atomic E-state index is 0.125. The third kappa shape index (κ3) is 4.56. The van der Waals surface area contributed by atoms with Crippen LogP contribution in [0.2, 0.25) is 5.02 Å². The molecular formula is C29H38ClN3O5. The van der Waals surface area contributed by atoms with E-state index >= 15 is 0 Å². The third-order valence-electron chi connectivity index (χ3n) is 8.20. The number of halogens is 1. The molecule has 0 aliphatic carbocycles. The minimum atomic E-state index is -1.13. The molecule has 3 amide bonds. The molecule has 1 aromatic rings. The van der Waals surface area contributed by atoms with Crippen molar-refractivity contribution in [2.45, 2.75) is 56.8 Å². The van der Waals surface area contributed by atoms with Gasteiger partial charge in [0.05, 0.1) is 17.4 Å². The maximum absolute atomic E-state index is 14.4. The van der Waals surface area contributed by atoms with Crippen molar-refractivity contribution in [1.29, 1.82) is 0 Å². The van der Waals surface area contributed by atoms with Crippen LogP contribution in [0.3, 0.4) is 0 Å². The van der Waals surface area contributed by atoms with Gasteiger partial charge >= 0.3 is 0 Å². The average Bonchev–Trinajstić information content (AvgIpc) is 3.46. The highest BCUT2D eigenvalue weighted by Gasteiger charge is 2.78. The van der Waals surface area contributed by atoms with Crippen LogP contribution in [0.25, 0.3) is 0 Å². The van der Waals surface area contributed by atoms with Crippen molar-refractivity contribution in [1.82, 2.24) is 9.80 Å². The van der Waals surface area contributed by atoms with Crippen LogP contribution in [0.4, 0.5) is 5.69 Å². The predicted molar refractivity (Wildman–Crippen MR) is 147 cm³/mol. The summed E-state index contributed by atoms with van der Waals surface area (Å²) in [6.07, 6.45) is 5.48. The molecular weight excluding hydrogens is 506 g/mol. The molecule has 3 heterocycles. The molecule has 3 fully saturated rings. The monoisotopic (exact) mass is 543 g/mol. The largest absolute Gasteiger partial charge is 0.396 e. The van der Waals surface area contributed by atoms with Gasteiger partial charge in [-0.05, 0) is 56.9 Å². The molecule has 1 spiro atoms. The summed E-state index contributed by atoms with van der Waals surface area (Å²) < 4.78 is 6.72. The van der Waals surface area contributed by atoms with E-state index in [1.807, 2.05) is 13.8 Å². The smallest absolute Gasteiger partial charge is 0.253 e. The lowest BCUT2D eigenvalue weighted by molar-refractivity contribution is -0.149. The van der Waals surface area contributed by atoms with E-state index in [1.165, 1.54) is 4.90 Å². The van der Waals surface area contributed by atoms with E-state index in [0.29, 0.717) is 43.1 Å². The first-order chi connectivity index (χ1) is 18.2. The van der Waals surface area contributed by atoms with Gasteiger partial charge in [0.15, 0.2) is 0 Å². The number of hydrogen-bond donors (Lipinski definition) is 1. The van der Waals surface area contributed by atoms with Gasteiger partial charge in [-0.15, -0.1) is 13.2 Å². The molecule has 2 bridgehead atoms. The topological polar surface area (TPSA) is 90.4 Å². The molecule has 38 heavy (non-hydrogen) atoms. The number of benzene rings is 1. The van der Waals surface area contributed by atoms with Crippen LogP contribution in [-0.4, -0.2) is 82.7 Å². The lowest BCUT2D eigenvalue weighted by Gasteiger charge is -2.37. The van der Waals surface area contributed by atoms with Gasteiger partial charge in [0.25, 0.3) is 5.91 Å². The van der Waals surface area contributed by atoms with Crippen molar-refractivity contribution in [2.75, 3.05) is 37.7 Å². The van der Waals surface area contributed by atoms with Gasteiger partial charge in [-0.25, -0.2) is 0 Å². The average molecular weight is 544 g/mol. The quantitative estimate of drug-likeness (QED) is 0.408. The maximum Gasteiger partial charge on any atom is 0.253 e. The fraction of sp³-hybridized carbons (Fsp3) is 0.552. The summed E-state index contributed by atoms with van der Waals surface area (Å²) in [6, 6.07) is 6.00. The Hall–Kier alpha value is -2.68. The fourth-order valence-electron chi connectivity index (χ4n) is 6.70. The highest BCUT2D eigenvalue weighted by Crippen LogP contribution is 2.63. The number of anilines is 1. The summed E-state index contributed by atoms with van der Waals surface area (Å²) in [6.45, 7) is 12.7. The zero-order valence-corrected chi connectivity index (χ0v) is 23.0. The van der Waals surface area contributed by atoms with Gasteiger partial charge < -0.3 is 24.5 Å². The summed E-state index contributed by atoms with van der Waals surface area (Å²) in [5.41, 5.74) is -1.35. The van der Waals surface area contributed by atoms with Crippen molar-refractivity contribution in [3.63, 3.8) is 0 Å². The number of ether oxygens (including phenoxy) is 1. The molecule has 9 heteroatoms. The fourth-order valence-corrected chi connectivity index (χ4v) is 6.82. The molecule has 1 aromatic carbocycles.